The molecule has 0 saturated carbocycles. The zero-order valence-corrected chi connectivity index (χ0v) is 15.7. The highest BCUT2D eigenvalue weighted by Crippen LogP contribution is 2.33. The van der Waals surface area contributed by atoms with Crippen LogP contribution >= 0.6 is 11.3 Å². The van der Waals surface area contributed by atoms with Crippen LogP contribution in [0.2, 0.25) is 0 Å². The van der Waals surface area contributed by atoms with Crippen molar-refractivity contribution in [3.05, 3.63) is 53.9 Å². The van der Waals surface area contributed by atoms with Gasteiger partial charge in [0.25, 0.3) is 0 Å². The van der Waals surface area contributed by atoms with E-state index in [2.05, 4.69) is 15.3 Å². The zero-order valence-electron chi connectivity index (χ0n) is 14.9. The molecule has 27 heavy (non-hydrogen) atoms. The van der Waals surface area contributed by atoms with E-state index < -0.39 is 0 Å². The van der Waals surface area contributed by atoms with E-state index in [0.29, 0.717) is 12.6 Å². The molecule has 0 fully saturated rings. The van der Waals surface area contributed by atoms with Crippen LogP contribution in [-0.2, 0) is 4.74 Å². The van der Waals surface area contributed by atoms with E-state index >= 15 is 0 Å². The van der Waals surface area contributed by atoms with Crippen molar-refractivity contribution in [3.8, 4) is 22.6 Å². The highest BCUT2D eigenvalue weighted by atomic mass is 32.1. The van der Waals surface area contributed by atoms with E-state index in [4.69, 9.17) is 9.72 Å². The molecule has 1 N–H and O–H groups in total. The molecule has 0 spiro atoms. The first-order chi connectivity index (χ1) is 13.2. The highest BCUT2D eigenvalue weighted by molar-refractivity contribution is 7.15. The summed E-state index contributed by atoms with van der Waals surface area (Å²) in [7, 11) is 1.66. The smallest absolute Gasteiger partial charge is 0.223 e. The van der Waals surface area contributed by atoms with E-state index in [1.165, 1.54) is 23.5 Å². The molecular weight excluding hydrogens is 365 g/mol. The Labute approximate surface area is 159 Å². The van der Waals surface area contributed by atoms with Crippen molar-refractivity contribution in [2.75, 3.05) is 19.0 Å². The number of thiazole rings is 1. The van der Waals surface area contributed by atoms with Crippen LogP contribution in [0.1, 0.15) is 6.92 Å². The van der Waals surface area contributed by atoms with Gasteiger partial charge in [-0.1, -0.05) is 0 Å². The summed E-state index contributed by atoms with van der Waals surface area (Å²) in [5, 5.41) is 5.20. The van der Waals surface area contributed by atoms with Gasteiger partial charge in [0.1, 0.15) is 11.5 Å². The van der Waals surface area contributed by atoms with Crippen LogP contribution in [0.3, 0.4) is 0 Å². The highest BCUT2D eigenvalue weighted by Gasteiger charge is 2.18. The van der Waals surface area contributed by atoms with Crippen molar-refractivity contribution in [2.45, 2.75) is 13.0 Å². The van der Waals surface area contributed by atoms with Gasteiger partial charge in [-0.2, -0.15) is 0 Å². The average molecular weight is 383 g/mol. The number of hydrogen-bond acceptors (Lipinski definition) is 6. The lowest BCUT2D eigenvalue weighted by molar-refractivity contribution is 0.190. The molecule has 0 aliphatic rings. The van der Waals surface area contributed by atoms with Crippen molar-refractivity contribution < 1.29 is 9.13 Å². The Morgan fingerprint density at radius 1 is 1.22 bits per heavy atom. The molecule has 4 aromatic rings. The number of nitrogens with one attached hydrogen (secondary N) is 1. The Morgan fingerprint density at radius 3 is 2.81 bits per heavy atom. The minimum absolute atomic E-state index is 0.0772. The molecule has 1 aromatic carbocycles. The van der Waals surface area contributed by atoms with Gasteiger partial charge in [0.05, 0.1) is 18.0 Å². The molecule has 3 heterocycles. The van der Waals surface area contributed by atoms with Gasteiger partial charge in [-0.3, -0.25) is 4.40 Å². The largest absolute Gasteiger partial charge is 0.383 e. The van der Waals surface area contributed by atoms with Gasteiger partial charge in [0, 0.05) is 36.5 Å². The van der Waals surface area contributed by atoms with E-state index in [-0.39, 0.29) is 11.9 Å². The minimum Gasteiger partial charge on any atom is -0.383 e. The van der Waals surface area contributed by atoms with Crippen LogP contribution in [-0.4, -0.2) is 39.1 Å². The molecule has 4 rings (SSSR count). The maximum Gasteiger partial charge on any atom is 0.223 e. The van der Waals surface area contributed by atoms with E-state index in [9.17, 15) is 4.39 Å². The summed E-state index contributed by atoms with van der Waals surface area (Å²) >= 11 is 1.54. The Kier molecular flexibility index (Phi) is 4.83. The second kappa shape index (κ2) is 7.42. The first-order valence-electron chi connectivity index (χ1n) is 8.46. The average Bonchev–Trinajstić information content (AvgIpc) is 3.23. The van der Waals surface area contributed by atoms with Gasteiger partial charge in [-0.05, 0) is 37.3 Å². The molecule has 0 saturated heterocycles. The second-order valence-corrected chi connectivity index (χ2v) is 7.01. The number of methoxy groups -OCH3 is 1. The number of fused-ring (bicyclic) bond motifs is 1. The SMILES string of the molecule is COCC(C)Nc1nccc(-c2c(-c3ccc(F)cc3)nc3sccn23)n1. The molecule has 1 atom stereocenters. The Bertz CT molecular complexity index is 1060. The molecule has 0 aliphatic heterocycles. The van der Waals surface area contributed by atoms with Gasteiger partial charge in [-0.15, -0.1) is 11.3 Å². The van der Waals surface area contributed by atoms with E-state index in [1.54, 1.807) is 25.4 Å². The van der Waals surface area contributed by atoms with Crippen LogP contribution < -0.4 is 5.32 Å². The quantitative estimate of drug-likeness (QED) is 0.543. The number of benzene rings is 1. The number of anilines is 1. The maximum absolute atomic E-state index is 13.3. The standard InChI is InChI=1S/C19H18FN5OS/c1-12(11-26-2)22-18-21-8-7-15(23-18)17-16(13-3-5-14(20)6-4-13)24-19-25(17)9-10-27-19/h3-10,12H,11H2,1-2H3,(H,21,22,23). The van der Waals surface area contributed by atoms with Gasteiger partial charge in [0.2, 0.25) is 5.95 Å². The fourth-order valence-electron chi connectivity index (χ4n) is 2.91. The van der Waals surface area contributed by atoms with E-state index in [0.717, 1.165) is 27.6 Å². The summed E-state index contributed by atoms with van der Waals surface area (Å²) < 4.78 is 20.5. The van der Waals surface area contributed by atoms with Crippen molar-refractivity contribution in [1.82, 2.24) is 19.4 Å². The molecule has 8 heteroatoms. The molecule has 0 bridgehead atoms. The number of imidazole rings is 1. The number of nitrogens with zero attached hydrogens (tertiary/aromatic N) is 4. The summed E-state index contributed by atoms with van der Waals surface area (Å²) in [4.78, 5) is 14.5. The molecule has 6 nitrogen and oxygen atoms in total. The molecule has 0 radical (unpaired) electrons. The summed E-state index contributed by atoms with van der Waals surface area (Å²) in [5.41, 5.74) is 3.18. The summed E-state index contributed by atoms with van der Waals surface area (Å²) in [5.74, 6) is 0.245. The number of rotatable bonds is 6. The number of aromatic nitrogens is 4. The zero-order chi connectivity index (χ0) is 18.8. The van der Waals surface area contributed by atoms with Gasteiger partial charge in [-0.25, -0.2) is 19.3 Å². The summed E-state index contributed by atoms with van der Waals surface area (Å²) in [6, 6.07) is 8.25. The molecule has 1 unspecified atom stereocenters. The van der Waals surface area contributed by atoms with Crippen LogP contribution in [0.5, 0.6) is 0 Å². The van der Waals surface area contributed by atoms with Crippen molar-refractivity contribution in [3.63, 3.8) is 0 Å². The van der Waals surface area contributed by atoms with Crippen LogP contribution in [0.25, 0.3) is 27.6 Å². The topological polar surface area (TPSA) is 64.3 Å². The summed E-state index contributed by atoms with van der Waals surface area (Å²) in [6.45, 7) is 2.55. The number of halogens is 1. The lowest BCUT2D eigenvalue weighted by Crippen LogP contribution is -2.22. The number of hydrogen-bond donors (Lipinski definition) is 1. The molecule has 0 aliphatic carbocycles. The third kappa shape index (κ3) is 3.54. The molecular formula is C19H18FN5OS. The van der Waals surface area contributed by atoms with Crippen LogP contribution in [0.15, 0.2) is 48.1 Å². The van der Waals surface area contributed by atoms with Crippen molar-refractivity contribution >= 4 is 22.2 Å². The number of ether oxygens (including phenoxy) is 1. The third-order valence-corrected chi connectivity index (χ3v) is 4.83. The first-order valence-corrected chi connectivity index (χ1v) is 9.34. The van der Waals surface area contributed by atoms with Gasteiger partial charge < -0.3 is 10.1 Å². The fourth-order valence-corrected chi connectivity index (χ4v) is 3.63. The Balaban J connectivity index is 1.80. The Hall–Kier alpha value is -2.84. The van der Waals surface area contributed by atoms with Crippen LogP contribution in [0.4, 0.5) is 10.3 Å². The molecule has 138 valence electrons. The van der Waals surface area contributed by atoms with Gasteiger partial charge >= 0.3 is 0 Å². The molecule has 0 amide bonds. The third-order valence-electron chi connectivity index (χ3n) is 4.07. The lowest BCUT2D eigenvalue weighted by Gasteiger charge is -2.13. The van der Waals surface area contributed by atoms with Crippen LogP contribution in [0, 0.1) is 5.82 Å². The van der Waals surface area contributed by atoms with Crippen molar-refractivity contribution in [1.29, 1.82) is 0 Å². The first kappa shape index (κ1) is 17.6. The van der Waals surface area contributed by atoms with Gasteiger partial charge in [0.15, 0.2) is 4.96 Å². The predicted octanol–water partition coefficient (Wildman–Crippen LogP) is 4.11. The van der Waals surface area contributed by atoms with E-state index in [1.807, 2.05) is 29.0 Å². The lowest BCUT2D eigenvalue weighted by atomic mass is 10.1. The van der Waals surface area contributed by atoms with Crippen molar-refractivity contribution in [2.24, 2.45) is 0 Å². The monoisotopic (exact) mass is 383 g/mol. The second-order valence-electron chi connectivity index (χ2n) is 6.14. The fraction of sp³-hybridized carbons (Fsp3) is 0.211. The normalized spacial score (nSPS) is 12.4. The minimum atomic E-state index is -0.276. The molecule has 3 aromatic heterocycles. The Morgan fingerprint density at radius 2 is 2.04 bits per heavy atom. The predicted molar refractivity (Wildman–Crippen MR) is 104 cm³/mol. The summed E-state index contributed by atoms with van der Waals surface area (Å²) in [6.07, 6.45) is 3.67. The maximum atomic E-state index is 13.3.